The minimum atomic E-state index is -0.998. The van der Waals surface area contributed by atoms with E-state index in [4.69, 9.17) is 5.11 Å². The van der Waals surface area contributed by atoms with Gasteiger partial charge in [0.25, 0.3) is 5.91 Å². The molecule has 0 saturated heterocycles. The van der Waals surface area contributed by atoms with E-state index in [0.29, 0.717) is 11.4 Å². The van der Waals surface area contributed by atoms with Crippen molar-refractivity contribution in [3.8, 4) is 0 Å². The molecular formula is C13H13N3O3. The molecule has 0 atom stereocenters. The number of hydrogen-bond acceptors (Lipinski definition) is 3. The van der Waals surface area contributed by atoms with Crippen LogP contribution in [0.3, 0.4) is 0 Å². The van der Waals surface area contributed by atoms with Gasteiger partial charge in [0, 0.05) is 11.9 Å². The van der Waals surface area contributed by atoms with Crippen LogP contribution < -0.4 is 5.32 Å². The first-order valence-electron chi connectivity index (χ1n) is 5.67. The summed E-state index contributed by atoms with van der Waals surface area (Å²) in [6, 6.07) is 6.72. The molecular weight excluding hydrogens is 246 g/mol. The fourth-order valence-electron chi connectivity index (χ4n) is 1.64. The maximum Gasteiger partial charge on any atom is 0.323 e. The van der Waals surface area contributed by atoms with Gasteiger partial charge in [-0.2, -0.15) is 0 Å². The Bertz CT molecular complexity index is 602. The molecule has 2 aromatic heterocycles. The van der Waals surface area contributed by atoms with Crippen LogP contribution in [0.2, 0.25) is 0 Å². The predicted molar refractivity (Wildman–Crippen MR) is 69.0 cm³/mol. The number of nitrogens with one attached hydrogen (secondary N) is 1. The predicted octanol–water partition coefficient (Wildman–Crippen LogP) is 1.53. The second-order valence-corrected chi connectivity index (χ2v) is 4.06. The monoisotopic (exact) mass is 259 g/mol. The number of aliphatic carboxylic acids is 1. The molecule has 0 bridgehead atoms. The van der Waals surface area contributed by atoms with Crippen LogP contribution in [0, 0.1) is 6.92 Å². The fourth-order valence-corrected chi connectivity index (χ4v) is 1.64. The summed E-state index contributed by atoms with van der Waals surface area (Å²) < 4.78 is 1.37. The Morgan fingerprint density at radius 2 is 2.16 bits per heavy atom. The average Bonchev–Trinajstić information content (AvgIpc) is 2.79. The molecule has 6 heteroatoms. The van der Waals surface area contributed by atoms with Crippen LogP contribution in [0.5, 0.6) is 0 Å². The molecule has 2 aromatic rings. The molecule has 0 radical (unpaired) electrons. The number of carbonyl (C=O) groups excluding carboxylic acids is 1. The number of aromatic nitrogens is 2. The van der Waals surface area contributed by atoms with E-state index in [-0.39, 0.29) is 12.5 Å². The Labute approximate surface area is 109 Å². The smallest absolute Gasteiger partial charge is 0.323 e. The van der Waals surface area contributed by atoms with Crippen molar-refractivity contribution in [3.63, 3.8) is 0 Å². The topological polar surface area (TPSA) is 84.2 Å². The molecule has 6 nitrogen and oxygen atoms in total. The summed E-state index contributed by atoms with van der Waals surface area (Å²) in [5, 5.41) is 11.4. The van der Waals surface area contributed by atoms with Crippen LogP contribution in [0.1, 0.15) is 16.2 Å². The van der Waals surface area contributed by atoms with Gasteiger partial charge in [-0.15, -0.1) is 0 Å². The summed E-state index contributed by atoms with van der Waals surface area (Å²) in [5.41, 5.74) is 1.72. The van der Waals surface area contributed by atoms with Gasteiger partial charge < -0.3 is 15.0 Å². The fraction of sp³-hybridized carbons (Fsp3) is 0.154. The van der Waals surface area contributed by atoms with Gasteiger partial charge in [0.05, 0.1) is 11.9 Å². The van der Waals surface area contributed by atoms with Crippen molar-refractivity contribution in [2.75, 3.05) is 5.32 Å². The summed E-state index contributed by atoms with van der Waals surface area (Å²) in [7, 11) is 0. The van der Waals surface area contributed by atoms with Crippen molar-refractivity contribution in [2.45, 2.75) is 13.5 Å². The SMILES string of the molecule is Cc1ccc(NC(=O)c2cccn2CC(=O)O)cn1. The van der Waals surface area contributed by atoms with Crippen molar-refractivity contribution >= 4 is 17.6 Å². The van der Waals surface area contributed by atoms with Crippen LogP contribution in [0.4, 0.5) is 5.69 Å². The maximum absolute atomic E-state index is 12.0. The standard InChI is InChI=1S/C13H13N3O3/c1-9-4-5-10(7-14-9)15-13(19)11-3-2-6-16(11)8-12(17)18/h2-7H,8H2,1H3,(H,15,19)(H,17,18). The van der Waals surface area contributed by atoms with Crippen LogP contribution >= 0.6 is 0 Å². The molecule has 2 heterocycles. The van der Waals surface area contributed by atoms with Gasteiger partial charge in [-0.1, -0.05) is 0 Å². The van der Waals surface area contributed by atoms with Crippen molar-refractivity contribution in [2.24, 2.45) is 0 Å². The number of nitrogens with zero attached hydrogens (tertiary/aromatic N) is 2. The highest BCUT2D eigenvalue weighted by Gasteiger charge is 2.12. The largest absolute Gasteiger partial charge is 0.480 e. The molecule has 0 fully saturated rings. The van der Waals surface area contributed by atoms with Gasteiger partial charge in [-0.05, 0) is 31.2 Å². The third-order valence-electron chi connectivity index (χ3n) is 2.54. The highest BCUT2D eigenvalue weighted by molar-refractivity contribution is 6.03. The van der Waals surface area contributed by atoms with E-state index in [9.17, 15) is 9.59 Å². The summed E-state index contributed by atoms with van der Waals surface area (Å²) in [6.07, 6.45) is 3.11. The second kappa shape index (κ2) is 5.34. The Morgan fingerprint density at radius 3 is 2.79 bits per heavy atom. The van der Waals surface area contributed by atoms with E-state index in [2.05, 4.69) is 10.3 Å². The average molecular weight is 259 g/mol. The van der Waals surface area contributed by atoms with Crippen LogP contribution in [-0.4, -0.2) is 26.5 Å². The zero-order valence-electron chi connectivity index (χ0n) is 10.3. The number of carboxylic acids is 1. The van der Waals surface area contributed by atoms with Crippen LogP contribution in [0.25, 0.3) is 0 Å². The molecule has 0 aliphatic rings. The first-order valence-corrected chi connectivity index (χ1v) is 5.67. The van der Waals surface area contributed by atoms with E-state index < -0.39 is 5.97 Å². The molecule has 0 unspecified atom stereocenters. The molecule has 1 amide bonds. The maximum atomic E-state index is 12.0. The molecule has 2 rings (SSSR count). The van der Waals surface area contributed by atoms with Gasteiger partial charge >= 0.3 is 5.97 Å². The lowest BCUT2D eigenvalue weighted by atomic mass is 10.3. The summed E-state index contributed by atoms with van der Waals surface area (Å²) >= 11 is 0. The Kier molecular flexibility index (Phi) is 3.61. The van der Waals surface area contributed by atoms with Crippen LogP contribution in [-0.2, 0) is 11.3 Å². The van der Waals surface area contributed by atoms with Gasteiger partial charge in [-0.3, -0.25) is 14.6 Å². The molecule has 0 aliphatic heterocycles. The number of pyridine rings is 1. The highest BCUT2D eigenvalue weighted by atomic mass is 16.4. The lowest BCUT2D eigenvalue weighted by molar-refractivity contribution is -0.137. The molecule has 19 heavy (non-hydrogen) atoms. The third kappa shape index (κ3) is 3.19. The minimum Gasteiger partial charge on any atom is -0.480 e. The summed E-state index contributed by atoms with van der Waals surface area (Å²) in [6.45, 7) is 1.60. The van der Waals surface area contributed by atoms with E-state index in [1.807, 2.05) is 6.92 Å². The Hall–Kier alpha value is -2.63. The molecule has 0 aliphatic carbocycles. The van der Waals surface area contributed by atoms with Gasteiger partial charge in [-0.25, -0.2) is 0 Å². The number of carboxylic acid groups (broad SMARTS) is 1. The number of carbonyl (C=O) groups is 2. The zero-order chi connectivity index (χ0) is 13.8. The minimum absolute atomic E-state index is 0.248. The normalized spacial score (nSPS) is 10.2. The van der Waals surface area contributed by atoms with E-state index in [1.54, 1.807) is 36.7 Å². The highest BCUT2D eigenvalue weighted by Crippen LogP contribution is 2.09. The van der Waals surface area contributed by atoms with Crippen molar-refractivity contribution in [3.05, 3.63) is 48.0 Å². The van der Waals surface area contributed by atoms with E-state index >= 15 is 0 Å². The molecule has 0 aromatic carbocycles. The Morgan fingerprint density at radius 1 is 1.37 bits per heavy atom. The summed E-state index contributed by atoms with van der Waals surface area (Å²) in [5.74, 6) is -1.36. The second-order valence-electron chi connectivity index (χ2n) is 4.06. The van der Waals surface area contributed by atoms with Crippen molar-refractivity contribution in [1.82, 2.24) is 9.55 Å². The first kappa shape index (κ1) is 12.8. The van der Waals surface area contributed by atoms with Gasteiger partial charge in [0.2, 0.25) is 0 Å². The molecule has 2 N–H and O–H groups in total. The first-order chi connectivity index (χ1) is 9.06. The lowest BCUT2D eigenvalue weighted by Gasteiger charge is -2.07. The lowest BCUT2D eigenvalue weighted by Crippen LogP contribution is -2.19. The summed E-state index contributed by atoms with van der Waals surface area (Å²) in [4.78, 5) is 26.8. The van der Waals surface area contributed by atoms with Crippen molar-refractivity contribution in [1.29, 1.82) is 0 Å². The quantitative estimate of drug-likeness (QED) is 0.872. The molecule has 98 valence electrons. The third-order valence-corrected chi connectivity index (χ3v) is 2.54. The van der Waals surface area contributed by atoms with Crippen molar-refractivity contribution < 1.29 is 14.7 Å². The molecule has 0 spiro atoms. The number of amides is 1. The number of aryl methyl sites for hydroxylation is 1. The number of rotatable bonds is 4. The van der Waals surface area contributed by atoms with Crippen LogP contribution in [0.15, 0.2) is 36.7 Å². The number of hydrogen-bond donors (Lipinski definition) is 2. The zero-order valence-corrected chi connectivity index (χ0v) is 10.3. The Balaban J connectivity index is 2.14. The number of anilines is 1. The molecule has 0 saturated carbocycles. The van der Waals surface area contributed by atoms with Gasteiger partial charge in [0.15, 0.2) is 0 Å². The van der Waals surface area contributed by atoms with E-state index in [1.165, 1.54) is 4.57 Å². The van der Waals surface area contributed by atoms with E-state index in [0.717, 1.165) is 5.69 Å². The van der Waals surface area contributed by atoms with Gasteiger partial charge in [0.1, 0.15) is 12.2 Å².